The second kappa shape index (κ2) is 5.48. The molecule has 1 saturated heterocycles. The van der Waals surface area contributed by atoms with Crippen molar-refractivity contribution in [1.82, 2.24) is 20.2 Å². The number of carbonyl (C=O) groups excluding carboxylic acids is 1. The van der Waals surface area contributed by atoms with Crippen LogP contribution in [0.2, 0.25) is 0 Å². The fraction of sp³-hybridized carbons (Fsp3) is 0.500. The summed E-state index contributed by atoms with van der Waals surface area (Å²) in [6, 6.07) is 7.93. The number of amides is 1. The first-order chi connectivity index (χ1) is 10.1. The fourth-order valence-electron chi connectivity index (χ4n) is 2.84. The zero-order chi connectivity index (χ0) is 15.0. The normalized spacial score (nSPS) is 18.2. The Hall–Kier alpha value is -1.88. The number of imidazole rings is 1. The molecule has 1 fully saturated rings. The number of benzene rings is 1. The highest BCUT2D eigenvalue weighted by Gasteiger charge is 2.29. The molecule has 1 aromatic heterocycles. The summed E-state index contributed by atoms with van der Waals surface area (Å²) in [7, 11) is 1.99. The molecule has 0 saturated carbocycles. The van der Waals surface area contributed by atoms with Crippen LogP contribution in [0.4, 0.5) is 0 Å². The van der Waals surface area contributed by atoms with Crippen molar-refractivity contribution in [1.29, 1.82) is 0 Å². The Morgan fingerprint density at radius 1 is 1.38 bits per heavy atom. The Balaban J connectivity index is 1.75. The Morgan fingerprint density at radius 2 is 2.10 bits per heavy atom. The van der Waals surface area contributed by atoms with E-state index in [1.54, 1.807) is 0 Å². The molecular weight excluding hydrogens is 264 g/mol. The van der Waals surface area contributed by atoms with E-state index in [0.29, 0.717) is 5.92 Å². The SMILES string of the molecule is CC(NC(=O)C(C)C1CNC1)c1nc2ccccc2n1C. The first-order valence-electron chi connectivity index (χ1n) is 7.50. The summed E-state index contributed by atoms with van der Waals surface area (Å²) in [5.74, 6) is 1.51. The summed E-state index contributed by atoms with van der Waals surface area (Å²) >= 11 is 0. The molecule has 21 heavy (non-hydrogen) atoms. The van der Waals surface area contributed by atoms with Gasteiger partial charge in [0, 0.05) is 13.0 Å². The lowest BCUT2D eigenvalue weighted by Crippen LogP contribution is -2.50. The zero-order valence-electron chi connectivity index (χ0n) is 12.8. The Morgan fingerprint density at radius 3 is 2.71 bits per heavy atom. The van der Waals surface area contributed by atoms with E-state index in [9.17, 15) is 4.79 Å². The highest BCUT2D eigenvalue weighted by Crippen LogP contribution is 2.21. The molecule has 1 aliphatic heterocycles. The molecule has 5 heteroatoms. The van der Waals surface area contributed by atoms with Crippen molar-refractivity contribution in [2.24, 2.45) is 18.9 Å². The molecular formula is C16H22N4O. The molecule has 1 aromatic carbocycles. The minimum absolute atomic E-state index is 0.0448. The van der Waals surface area contributed by atoms with E-state index in [0.717, 1.165) is 29.9 Å². The van der Waals surface area contributed by atoms with Crippen LogP contribution in [0.15, 0.2) is 24.3 Å². The molecule has 0 bridgehead atoms. The van der Waals surface area contributed by atoms with Crippen LogP contribution < -0.4 is 10.6 Å². The Bertz CT molecular complexity index is 659. The van der Waals surface area contributed by atoms with Gasteiger partial charge in [-0.05, 0) is 38.1 Å². The van der Waals surface area contributed by atoms with Crippen LogP contribution in [0.5, 0.6) is 0 Å². The quantitative estimate of drug-likeness (QED) is 0.897. The standard InChI is InChI=1S/C16H22N4O/c1-10(12-8-17-9-12)16(21)18-11(2)15-19-13-6-4-5-7-14(13)20(15)3/h4-7,10-12,17H,8-9H2,1-3H3,(H,18,21). The molecule has 1 aliphatic rings. The predicted octanol–water partition coefficient (Wildman–Crippen LogP) is 1.61. The van der Waals surface area contributed by atoms with Gasteiger partial charge in [-0.25, -0.2) is 4.98 Å². The van der Waals surface area contributed by atoms with Gasteiger partial charge in [-0.1, -0.05) is 19.1 Å². The maximum absolute atomic E-state index is 12.3. The molecule has 2 aromatic rings. The summed E-state index contributed by atoms with van der Waals surface area (Å²) in [4.78, 5) is 17.0. The molecule has 0 spiro atoms. The van der Waals surface area contributed by atoms with Gasteiger partial charge in [-0.2, -0.15) is 0 Å². The maximum atomic E-state index is 12.3. The van der Waals surface area contributed by atoms with Gasteiger partial charge in [-0.15, -0.1) is 0 Å². The van der Waals surface area contributed by atoms with Gasteiger partial charge in [0.2, 0.25) is 5.91 Å². The van der Waals surface area contributed by atoms with Crippen LogP contribution in [0.25, 0.3) is 11.0 Å². The first-order valence-corrected chi connectivity index (χ1v) is 7.50. The monoisotopic (exact) mass is 286 g/mol. The number of rotatable bonds is 4. The molecule has 3 rings (SSSR count). The molecule has 2 heterocycles. The van der Waals surface area contributed by atoms with Crippen molar-refractivity contribution in [3.63, 3.8) is 0 Å². The van der Waals surface area contributed by atoms with Gasteiger partial charge in [0.25, 0.3) is 0 Å². The van der Waals surface area contributed by atoms with Crippen LogP contribution >= 0.6 is 0 Å². The van der Waals surface area contributed by atoms with E-state index < -0.39 is 0 Å². The fourth-order valence-corrected chi connectivity index (χ4v) is 2.84. The topological polar surface area (TPSA) is 59.0 Å². The number of nitrogens with one attached hydrogen (secondary N) is 2. The number of carbonyl (C=O) groups is 1. The van der Waals surface area contributed by atoms with Crippen molar-refractivity contribution in [2.75, 3.05) is 13.1 Å². The minimum Gasteiger partial charge on any atom is -0.346 e. The Kier molecular flexibility index (Phi) is 3.68. The average molecular weight is 286 g/mol. The van der Waals surface area contributed by atoms with Gasteiger partial charge in [0.1, 0.15) is 5.82 Å². The summed E-state index contributed by atoms with van der Waals surface area (Å²) < 4.78 is 2.05. The molecule has 2 unspecified atom stereocenters. The third-order valence-electron chi connectivity index (χ3n) is 4.50. The molecule has 5 nitrogen and oxygen atoms in total. The summed E-state index contributed by atoms with van der Waals surface area (Å²) in [6.45, 7) is 5.87. The van der Waals surface area contributed by atoms with Gasteiger partial charge >= 0.3 is 0 Å². The number of hydrogen-bond donors (Lipinski definition) is 2. The smallest absolute Gasteiger partial charge is 0.223 e. The number of para-hydroxylation sites is 2. The lowest BCUT2D eigenvalue weighted by atomic mass is 9.88. The second-order valence-corrected chi connectivity index (χ2v) is 5.96. The number of fused-ring (bicyclic) bond motifs is 1. The first kappa shape index (κ1) is 14.1. The third kappa shape index (κ3) is 2.53. The lowest BCUT2D eigenvalue weighted by Gasteiger charge is -2.32. The number of aryl methyl sites for hydroxylation is 1. The number of nitrogens with zero attached hydrogens (tertiary/aromatic N) is 2. The van der Waals surface area contributed by atoms with Crippen molar-refractivity contribution < 1.29 is 4.79 Å². The third-order valence-corrected chi connectivity index (χ3v) is 4.50. The Labute approximate surface area is 124 Å². The maximum Gasteiger partial charge on any atom is 0.223 e. The van der Waals surface area contributed by atoms with Crippen molar-refractivity contribution in [3.05, 3.63) is 30.1 Å². The van der Waals surface area contributed by atoms with Gasteiger partial charge in [0.15, 0.2) is 0 Å². The number of aromatic nitrogens is 2. The van der Waals surface area contributed by atoms with Crippen molar-refractivity contribution in [3.8, 4) is 0 Å². The molecule has 2 atom stereocenters. The van der Waals surface area contributed by atoms with E-state index in [1.807, 2.05) is 45.2 Å². The summed E-state index contributed by atoms with van der Waals surface area (Å²) in [5, 5.41) is 6.31. The minimum atomic E-state index is -0.0922. The average Bonchev–Trinajstić information content (AvgIpc) is 2.75. The van der Waals surface area contributed by atoms with Crippen LogP contribution in [0.1, 0.15) is 25.7 Å². The summed E-state index contributed by atoms with van der Waals surface area (Å²) in [5.41, 5.74) is 2.05. The van der Waals surface area contributed by atoms with E-state index in [2.05, 4.69) is 20.2 Å². The molecule has 2 N–H and O–H groups in total. The van der Waals surface area contributed by atoms with E-state index in [1.165, 1.54) is 0 Å². The van der Waals surface area contributed by atoms with E-state index in [4.69, 9.17) is 0 Å². The van der Waals surface area contributed by atoms with Crippen LogP contribution in [-0.2, 0) is 11.8 Å². The number of hydrogen-bond acceptors (Lipinski definition) is 3. The van der Waals surface area contributed by atoms with Gasteiger partial charge in [-0.3, -0.25) is 4.79 Å². The van der Waals surface area contributed by atoms with Gasteiger partial charge < -0.3 is 15.2 Å². The highest BCUT2D eigenvalue weighted by molar-refractivity contribution is 5.80. The van der Waals surface area contributed by atoms with Gasteiger partial charge in [0.05, 0.1) is 17.1 Å². The second-order valence-electron chi connectivity index (χ2n) is 5.96. The van der Waals surface area contributed by atoms with Crippen LogP contribution in [0, 0.1) is 11.8 Å². The predicted molar refractivity (Wildman–Crippen MR) is 82.8 cm³/mol. The van der Waals surface area contributed by atoms with Crippen LogP contribution in [0.3, 0.4) is 0 Å². The van der Waals surface area contributed by atoms with E-state index in [-0.39, 0.29) is 17.9 Å². The van der Waals surface area contributed by atoms with E-state index >= 15 is 0 Å². The zero-order valence-corrected chi connectivity index (χ0v) is 12.8. The van der Waals surface area contributed by atoms with Crippen molar-refractivity contribution in [2.45, 2.75) is 19.9 Å². The molecule has 112 valence electrons. The summed E-state index contributed by atoms with van der Waals surface area (Å²) in [6.07, 6.45) is 0. The van der Waals surface area contributed by atoms with Crippen LogP contribution in [-0.4, -0.2) is 28.5 Å². The van der Waals surface area contributed by atoms with Crippen molar-refractivity contribution >= 4 is 16.9 Å². The largest absolute Gasteiger partial charge is 0.346 e. The molecule has 0 radical (unpaired) electrons. The highest BCUT2D eigenvalue weighted by atomic mass is 16.2. The lowest BCUT2D eigenvalue weighted by molar-refractivity contribution is -0.127. The molecule has 0 aliphatic carbocycles. The molecule has 1 amide bonds.